The van der Waals surface area contributed by atoms with Crippen LogP contribution in [0.2, 0.25) is 0 Å². The first-order valence-electron chi connectivity index (χ1n) is 9.86. The van der Waals surface area contributed by atoms with E-state index in [4.69, 9.17) is 9.72 Å². The third-order valence-electron chi connectivity index (χ3n) is 5.48. The van der Waals surface area contributed by atoms with Crippen LogP contribution in [0.1, 0.15) is 0 Å². The average molecular weight is 385 g/mol. The van der Waals surface area contributed by atoms with Gasteiger partial charge in [0.15, 0.2) is 0 Å². The van der Waals surface area contributed by atoms with Crippen LogP contribution in [0.5, 0.6) is 5.75 Å². The molecule has 0 unspecified atom stereocenters. The molecule has 146 valence electrons. The van der Waals surface area contributed by atoms with E-state index >= 15 is 0 Å². The molecule has 1 fully saturated rings. The second kappa shape index (κ2) is 7.47. The van der Waals surface area contributed by atoms with Crippen LogP contribution in [0.25, 0.3) is 16.6 Å². The van der Waals surface area contributed by atoms with Crippen LogP contribution in [-0.4, -0.2) is 48.1 Å². The number of anilines is 2. The third kappa shape index (κ3) is 3.16. The van der Waals surface area contributed by atoms with Crippen molar-refractivity contribution in [3.8, 4) is 11.4 Å². The Balaban J connectivity index is 1.41. The Labute approximate surface area is 170 Å². The van der Waals surface area contributed by atoms with Gasteiger partial charge in [-0.2, -0.15) is 5.10 Å². The van der Waals surface area contributed by atoms with Crippen LogP contribution in [0.4, 0.5) is 11.5 Å². The maximum Gasteiger partial charge on any atom is 0.142 e. The number of methoxy groups -OCH3 is 1. The van der Waals surface area contributed by atoms with E-state index in [1.54, 1.807) is 7.11 Å². The normalized spacial score (nSPS) is 14.4. The fourth-order valence-electron chi connectivity index (χ4n) is 4.02. The van der Waals surface area contributed by atoms with Gasteiger partial charge in [-0.25, -0.2) is 9.67 Å². The van der Waals surface area contributed by atoms with Crippen molar-refractivity contribution >= 4 is 22.4 Å². The van der Waals surface area contributed by atoms with E-state index in [9.17, 15) is 0 Å². The fraction of sp³-hybridized carbons (Fsp3) is 0.217. The van der Waals surface area contributed by atoms with Gasteiger partial charge in [-0.15, -0.1) is 0 Å². The number of ether oxygens (including phenoxy) is 1. The first-order chi connectivity index (χ1) is 14.3. The molecule has 2 aromatic heterocycles. The van der Waals surface area contributed by atoms with E-state index in [-0.39, 0.29) is 0 Å². The standard InChI is InChI=1S/C23H23N5O/c1-29-22-10-6-5-9-21(22)26-13-15-27(16-14-26)23-19-17-25-28(20(19)11-12-24-23)18-7-3-2-4-8-18/h2-12,17H,13-16H2,1H3. The van der Waals surface area contributed by atoms with Crippen LogP contribution in [-0.2, 0) is 0 Å². The number of piperazine rings is 1. The number of hydrogen-bond donors (Lipinski definition) is 0. The van der Waals surface area contributed by atoms with Gasteiger partial charge in [-0.3, -0.25) is 0 Å². The Morgan fingerprint density at radius 3 is 2.34 bits per heavy atom. The number of pyridine rings is 1. The summed E-state index contributed by atoms with van der Waals surface area (Å²) in [6.45, 7) is 3.65. The molecule has 0 spiro atoms. The number of rotatable bonds is 4. The monoisotopic (exact) mass is 385 g/mol. The molecular weight excluding hydrogens is 362 g/mol. The summed E-state index contributed by atoms with van der Waals surface area (Å²) in [5, 5.41) is 5.71. The molecule has 0 aliphatic carbocycles. The first-order valence-corrected chi connectivity index (χ1v) is 9.86. The molecule has 2 aromatic carbocycles. The summed E-state index contributed by atoms with van der Waals surface area (Å²) >= 11 is 0. The molecule has 6 nitrogen and oxygen atoms in total. The van der Waals surface area contributed by atoms with E-state index in [2.05, 4.69) is 39.2 Å². The molecule has 6 heteroatoms. The number of fused-ring (bicyclic) bond motifs is 1. The zero-order valence-electron chi connectivity index (χ0n) is 16.4. The SMILES string of the molecule is COc1ccccc1N1CCN(c2nccc3c2cnn3-c2ccccc2)CC1. The summed E-state index contributed by atoms with van der Waals surface area (Å²) in [5.41, 5.74) is 3.28. The highest BCUT2D eigenvalue weighted by Gasteiger charge is 2.22. The van der Waals surface area contributed by atoms with Gasteiger partial charge in [0.05, 0.1) is 35.6 Å². The molecule has 3 heterocycles. The van der Waals surface area contributed by atoms with Crippen LogP contribution in [0, 0.1) is 0 Å². The second-order valence-electron chi connectivity index (χ2n) is 7.11. The maximum absolute atomic E-state index is 5.53. The number of benzene rings is 2. The summed E-state index contributed by atoms with van der Waals surface area (Å²) in [5.74, 6) is 1.93. The van der Waals surface area contributed by atoms with Crippen molar-refractivity contribution < 1.29 is 4.74 Å². The molecule has 0 saturated carbocycles. The molecule has 5 rings (SSSR count). The summed E-state index contributed by atoms with van der Waals surface area (Å²) in [4.78, 5) is 9.43. The van der Waals surface area contributed by atoms with E-state index < -0.39 is 0 Å². The molecule has 0 atom stereocenters. The van der Waals surface area contributed by atoms with Crippen LogP contribution >= 0.6 is 0 Å². The summed E-state index contributed by atoms with van der Waals surface area (Å²) in [6.07, 6.45) is 3.81. The van der Waals surface area contributed by atoms with Crippen molar-refractivity contribution in [1.82, 2.24) is 14.8 Å². The quantitative estimate of drug-likeness (QED) is 0.535. The van der Waals surface area contributed by atoms with Crippen LogP contribution < -0.4 is 14.5 Å². The lowest BCUT2D eigenvalue weighted by Gasteiger charge is -2.37. The lowest BCUT2D eigenvalue weighted by Crippen LogP contribution is -2.47. The van der Waals surface area contributed by atoms with Crippen molar-refractivity contribution in [1.29, 1.82) is 0 Å². The number of nitrogens with zero attached hydrogens (tertiary/aromatic N) is 5. The maximum atomic E-state index is 5.53. The average Bonchev–Trinajstić information content (AvgIpc) is 3.24. The van der Waals surface area contributed by atoms with Gasteiger partial charge < -0.3 is 14.5 Å². The van der Waals surface area contributed by atoms with Crippen molar-refractivity contribution in [2.75, 3.05) is 43.1 Å². The molecule has 0 bridgehead atoms. The van der Waals surface area contributed by atoms with Crippen LogP contribution in [0.3, 0.4) is 0 Å². The second-order valence-corrected chi connectivity index (χ2v) is 7.11. The minimum atomic E-state index is 0.903. The Bertz CT molecular complexity index is 1120. The highest BCUT2D eigenvalue weighted by atomic mass is 16.5. The van der Waals surface area contributed by atoms with Gasteiger partial charge in [0.25, 0.3) is 0 Å². The van der Waals surface area contributed by atoms with Crippen molar-refractivity contribution in [3.05, 3.63) is 73.1 Å². The van der Waals surface area contributed by atoms with Crippen molar-refractivity contribution in [2.45, 2.75) is 0 Å². The van der Waals surface area contributed by atoms with Gasteiger partial charge in [0, 0.05) is 32.4 Å². The predicted octanol–water partition coefficient (Wildman–Crippen LogP) is 3.76. The molecule has 1 saturated heterocycles. The number of hydrogen-bond acceptors (Lipinski definition) is 5. The van der Waals surface area contributed by atoms with Gasteiger partial charge >= 0.3 is 0 Å². The number of para-hydroxylation sites is 3. The highest BCUT2D eigenvalue weighted by Crippen LogP contribution is 2.31. The lowest BCUT2D eigenvalue weighted by molar-refractivity contribution is 0.413. The smallest absolute Gasteiger partial charge is 0.142 e. The van der Waals surface area contributed by atoms with Gasteiger partial charge in [-0.05, 0) is 30.3 Å². The molecular formula is C23H23N5O. The summed E-state index contributed by atoms with van der Waals surface area (Å²) in [6, 6.07) is 20.5. The molecule has 0 amide bonds. The molecule has 0 radical (unpaired) electrons. The molecule has 1 aliphatic rings. The Morgan fingerprint density at radius 2 is 1.55 bits per heavy atom. The van der Waals surface area contributed by atoms with E-state index in [1.165, 1.54) is 0 Å². The predicted molar refractivity (Wildman–Crippen MR) is 116 cm³/mol. The third-order valence-corrected chi connectivity index (χ3v) is 5.48. The summed E-state index contributed by atoms with van der Waals surface area (Å²) in [7, 11) is 1.73. The fourth-order valence-corrected chi connectivity index (χ4v) is 4.02. The van der Waals surface area contributed by atoms with E-state index in [0.717, 1.165) is 60.0 Å². The van der Waals surface area contributed by atoms with Crippen LogP contribution in [0.15, 0.2) is 73.1 Å². The number of aromatic nitrogens is 3. The lowest BCUT2D eigenvalue weighted by atomic mass is 10.2. The van der Waals surface area contributed by atoms with Gasteiger partial charge in [0.1, 0.15) is 11.6 Å². The molecule has 4 aromatic rings. The first kappa shape index (κ1) is 17.6. The zero-order chi connectivity index (χ0) is 19.6. The van der Waals surface area contributed by atoms with E-state index in [0.29, 0.717) is 0 Å². The van der Waals surface area contributed by atoms with Crippen molar-refractivity contribution in [2.24, 2.45) is 0 Å². The van der Waals surface area contributed by atoms with Gasteiger partial charge in [0.2, 0.25) is 0 Å². The Hall–Kier alpha value is -3.54. The van der Waals surface area contributed by atoms with E-state index in [1.807, 2.05) is 53.5 Å². The van der Waals surface area contributed by atoms with Crippen molar-refractivity contribution in [3.63, 3.8) is 0 Å². The molecule has 1 aliphatic heterocycles. The largest absolute Gasteiger partial charge is 0.495 e. The topological polar surface area (TPSA) is 46.4 Å². The highest BCUT2D eigenvalue weighted by molar-refractivity contribution is 5.90. The Kier molecular flexibility index (Phi) is 4.52. The van der Waals surface area contributed by atoms with Gasteiger partial charge in [-0.1, -0.05) is 30.3 Å². The zero-order valence-corrected chi connectivity index (χ0v) is 16.4. The summed E-state index contributed by atoms with van der Waals surface area (Å²) < 4.78 is 7.51. The Morgan fingerprint density at radius 1 is 0.828 bits per heavy atom. The molecule has 29 heavy (non-hydrogen) atoms. The minimum absolute atomic E-state index is 0.903. The molecule has 0 N–H and O–H groups in total. The minimum Gasteiger partial charge on any atom is -0.495 e.